The van der Waals surface area contributed by atoms with Crippen molar-refractivity contribution in [2.24, 2.45) is 0 Å². The Morgan fingerprint density at radius 3 is 1.07 bits per heavy atom. The van der Waals surface area contributed by atoms with E-state index in [1.807, 2.05) is 0 Å². The van der Waals surface area contributed by atoms with Crippen molar-refractivity contribution in [2.45, 2.75) is 75.5 Å². The predicted octanol–water partition coefficient (Wildman–Crippen LogP) is -5.17. The van der Waals surface area contributed by atoms with Crippen LogP contribution in [0.25, 0.3) is 0 Å². The van der Waals surface area contributed by atoms with Gasteiger partial charge in [-0.3, -0.25) is 9.59 Å². The first-order valence-corrected chi connectivity index (χ1v) is 8.64. The lowest BCUT2D eigenvalue weighted by molar-refractivity contribution is -0.179. The Hall–Kier alpha value is -2.04. The average molecular weight is 442 g/mol. The van der Waals surface area contributed by atoms with Gasteiger partial charge in [-0.05, 0) is 13.8 Å². The van der Waals surface area contributed by atoms with E-state index >= 15 is 0 Å². The molecule has 0 aromatic heterocycles. The Morgan fingerprint density at radius 1 is 0.567 bits per heavy atom. The van der Waals surface area contributed by atoms with Gasteiger partial charge < -0.3 is 50.3 Å². The molecule has 0 amide bonds. The van der Waals surface area contributed by atoms with E-state index in [2.05, 4.69) is 9.47 Å². The molecule has 0 rings (SSSR count). The van der Waals surface area contributed by atoms with Gasteiger partial charge in [-0.25, -0.2) is 9.59 Å². The largest absolute Gasteiger partial charge is 0.391 e. The SMILES string of the molecule is C[C@@H](O)[C@@H](O)[C@H](O)[C@@H](O)C(=O)OC(=O)CCC(=O)OC(=O)[C@H](O)[C@@H](O)[C@H](O)[C@@H](C)O. The summed E-state index contributed by atoms with van der Waals surface area (Å²) in [7, 11) is 0. The third-order valence-corrected chi connectivity index (χ3v) is 3.78. The molecule has 14 heteroatoms. The molecule has 0 spiro atoms. The topological polar surface area (TPSA) is 249 Å². The van der Waals surface area contributed by atoms with Gasteiger partial charge in [0.05, 0.1) is 25.0 Å². The molecule has 0 aliphatic heterocycles. The molecular weight excluding hydrogens is 416 g/mol. The number of hydrogen-bond acceptors (Lipinski definition) is 14. The number of rotatable bonds is 11. The van der Waals surface area contributed by atoms with E-state index in [0.29, 0.717) is 0 Å². The summed E-state index contributed by atoms with van der Waals surface area (Å²) >= 11 is 0. The highest BCUT2D eigenvalue weighted by molar-refractivity contribution is 5.92. The smallest absolute Gasteiger partial charge is 0.345 e. The summed E-state index contributed by atoms with van der Waals surface area (Å²) in [6.07, 6.45) is -17.6. The van der Waals surface area contributed by atoms with Crippen molar-refractivity contribution < 1.29 is 69.5 Å². The molecule has 0 aliphatic carbocycles. The molecule has 0 aliphatic rings. The first kappa shape index (κ1) is 28.0. The fourth-order valence-corrected chi connectivity index (χ4v) is 1.87. The highest BCUT2D eigenvalue weighted by Gasteiger charge is 2.36. The van der Waals surface area contributed by atoms with E-state index in [0.717, 1.165) is 13.8 Å². The van der Waals surface area contributed by atoms with Gasteiger partial charge in [-0.1, -0.05) is 0 Å². The van der Waals surface area contributed by atoms with Crippen LogP contribution in [0.2, 0.25) is 0 Å². The van der Waals surface area contributed by atoms with Crippen molar-refractivity contribution in [1.29, 1.82) is 0 Å². The molecule has 30 heavy (non-hydrogen) atoms. The van der Waals surface area contributed by atoms with Crippen molar-refractivity contribution >= 4 is 23.9 Å². The van der Waals surface area contributed by atoms with Gasteiger partial charge in [0.25, 0.3) is 0 Å². The number of aliphatic hydroxyl groups is 8. The summed E-state index contributed by atoms with van der Waals surface area (Å²) in [6, 6.07) is 0. The normalized spacial score (nSPS) is 19.4. The van der Waals surface area contributed by atoms with Gasteiger partial charge in [-0.15, -0.1) is 0 Å². The summed E-state index contributed by atoms with van der Waals surface area (Å²) in [5.41, 5.74) is 0. The molecule has 0 bridgehead atoms. The first-order chi connectivity index (χ1) is 13.7. The Kier molecular flexibility index (Phi) is 11.8. The van der Waals surface area contributed by atoms with Gasteiger partial charge in [0.2, 0.25) is 0 Å². The van der Waals surface area contributed by atoms with E-state index in [1.54, 1.807) is 0 Å². The molecule has 0 heterocycles. The zero-order valence-corrected chi connectivity index (χ0v) is 16.1. The Balaban J connectivity index is 4.52. The number of carbonyl (C=O) groups excluding carboxylic acids is 4. The van der Waals surface area contributed by atoms with Crippen LogP contribution in [0.3, 0.4) is 0 Å². The van der Waals surface area contributed by atoms with Crippen LogP contribution in [-0.2, 0) is 28.7 Å². The zero-order chi connectivity index (χ0) is 23.8. The van der Waals surface area contributed by atoms with Crippen LogP contribution in [0, 0.1) is 0 Å². The molecule has 0 aromatic carbocycles. The minimum atomic E-state index is -2.39. The molecule has 14 nitrogen and oxygen atoms in total. The van der Waals surface area contributed by atoms with Crippen LogP contribution in [-0.4, -0.2) is 114 Å². The third kappa shape index (κ3) is 8.76. The second-order valence-electron chi connectivity index (χ2n) is 6.42. The average Bonchev–Trinajstić information content (AvgIpc) is 2.68. The number of carbonyl (C=O) groups is 4. The molecule has 0 radical (unpaired) electrons. The predicted molar refractivity (Wildman–Crippen MR) is 90.8 cm³/mol. The molecular formula is C16H26O14. The minimum Gasteiger partial charge on any atom is -0.391 e. The molecule has 8 atom stereocenters. The second kappa shape index (κ2) is 12.6. The molecule has 8 N–H and O–H groups in total. The van der Waals surface area contributed by atoms with Crippen molar-refractivity contribution in [3.05, 3.63) is 0 Å². The van der Waals surface area contributed by atoms with Crippen molar-refractivity contribution in [3.63, 3.8) is 0 Å². The van der Waals surface area contributed by atoms with E-state index in [9.17, 15) is 49.8 Å². The van der Waals surface area contributed by atoms with Crippen molar-refractivity contribution in [3.8, 4) is 0 Å². The van der Waals surface area contributed by atoms with Crippen LogP contribution in [0.4, 0.5) is 0 Å². The van der Waals surface area contributed by atoms with Crippen LogP contribution in [0.1, 0.15) is 26.7 Å². The summed E-state index contributed by atoms with van der Waals surface area (Å²) in [5.74, 6) is -6.12. The summed E-state index contributed by atoms with van der Waals surface area (Å²) < 4.78 is 8.28. The first-order valence-electron chi connectivity index (χ1n) is 8.64. The number of hydrogen-bond donors (Lipinski definition) is 8. The highest BCUT2D eigenvalue weighted by Crippen LogP contribution is 2.09. The standard InChI is InChI=1S/C16H26O14/c1-5(17)9(21)11(23)13(25)15(27)29-7(19)3-4-8(20)30-16(28)14(26)12(24)10(22)6(2)18/h5-6,9-14,17-18,21-26H,3-4H2,1-2H3/t5-,6-,9-,10-,11+,12+,13-,14-/m1/s1. The maximum absolute atomic E-state index is 11.5. The summed E-state index contributed by atoms with van der Waals surface area (Å²) in [5, 5.41) is 74.7. The van der Waals surface area contributed by atoms with E-state index in [4.69, 9.17) is 10.2 Å². The van der Waals surface area contributed by atoms with Crippen molar-refractivity contribution in [1.82, 2.24) is 0 Å². The Labute approximate surface area is 169 Å². The van der Waals surface area contributed by atoms with E-state index < -0.39 is 85.6 Å². The van der Waals surface area contributed by atoms with Crippen LogP contribution < -0.4 is 0 Å². The fraction of sp³-hybridized carbons (Fsp3) is 0.750. The van der Waals surface area contributed by atoms with Crippen LogP contribution in [0.5, 0.6) is 0 Å². The third-order valence-electron chi connectivity index (χ3n) is 3.78. The minimum absolute atomic E-state index is 0.839. The fourth-order valence-electron chi connectivity index (χ4n) is 1.87. The van der Waals surface area contributed by atoms with E-state index in [-0.39, 0.29) is 0 Å². The Bertz CT molecular complexity index is 551. The molecule has 0 unspecified atom stereocenters. The van der Waals surface area contributed by atoms with E-state index in [1.165, 1.54) is 0 Å². The molecule has 0 saturated carbocycles. The molecule has 0 aromatic rings. The second-order valence-corrected chi connectivity index (χ2v) is 6.42. The van der Waals surface area contributed by atoms with Gasteiger partial charge in [0.15, 0.2) is 12.2 Å². The van der Waals surface area contributed by atoms with Gasteiger partial charge in [0.1, 0.15) is 24.4 Å². The van der Waals surface area contributed by atoms with Crippen molar-refractivity contribution in [2.75, 3.05) is 0 Å². The van der Waals surface area contributed by atoms with Crippen LogP contribution >= 0.6 is 0 Å². The molecule has 0 saturated heterocycles. The monoisotopic (exact) mass is 442 g/mol. The summed E-state index contributed by atoms with van der Waals surface area (Å²) in [4.78, 5) is 46.0. The maximum Gasteiger partial charge on any atom is 0.345 e. The number of aliphatic hydroxyl groups excluding tert-OH is 8. The van der Waals surface area contributed by atoms with Gasteiger partial charge in [0, 0.05) is 0 Å². The quantitative estimate of drug-likeness (QED) is 0.110. The lowest BCUT2D eigenvalue weighted by atomic mass is 10.0. The highest BCUT2D eigenvalue weighted by atomic mass is 16.6. The lowest BCUT2D eigenvalue weighted by Crippen LogP contribution is -2.47. The summed E-state index contributed by atoms with van der Waals surface area (Å²) in [6.45, 7) is 2.12. The van der Waals surface area contributed by atoms with Crippen LogP contribution in [0.15, 0.2) is 0 Å². The maximum atomic E-state index is 11.5. The molecule has 0 fully saturated rings. The van der Waals surface area contributed by atoms with Gasteiger partial charge in [-0.2, -0.15) is 0 Å². The molecule has 174 valence electrons. The zero-order valence-electron chi connectivity index (χ0n) is 16.1. The number of esters is 4. The lowest BCUT2D eigenvalue weighted by Gasteiger charge is -2.23. The number of ether oxygens (including phenoxy) is 2. The van der Waals surface area contributed by atoms with Gasteiger partial charge >= 0.3 is 23.9 Å². The Morgan fingerprint density at radius 2 is 0.833 bits per heavy atom.